The number of nitrogens with one attached hydrogen (secondary N) is 1. The van der Waals surface area contributed by atoms with E-state index in [-0.39, 0.29) is 41.2 Å². The number of amides is 2. The second kappa shape index (κ2) is 15.2. The molecule has 0 bridgehead atoms. The molecule has 0 radical (unpaired) electrons. The Kier molecular flexibility index (Phi) is 12.0. The summed E-state index contributed by atoms with van der Waals surface area (Å²) in [6.07, 6.45) is 5.76. The van der Waals surface area contributed by atoms with Gasteiger partial charge in [0.1, 0.15) is 29.4 Å². The van der Waals surface area contributed by atoms with Crippen molar-refractivity contribution in [3.05, 3.63) is 35.0 Å². The van der Waals surface area contributed by atoms with E-state index in [4.69, 9.17) is 10.6 Å². The minimum Gasteiger partial charge on any atom is -0.477 e. The van der Waals surface area contributed by atoms with E-state index < -0.39 is 29.2 Å². The van der Waals surface area contributed by atoms with Crippen LogP contribution in [0, 0.1) is 0 Å². The molecule has 4 heterocycles. The zero-order valence-electron chi connectivity index (χ0n) is 22.1. The lowest BCUT2D eigenvalue weighted by Gasteiger charge is -2.49. The van der Waals surface area contributed by atoms with Crippen LogP contribution in [0.5, 0.6) is 0 Å². The molecule has 41 heavy (non-hydrogen) atoms. The number of nitrogens with zero attached hydrogens (tertiary/aromatic N) is 7. The Morgan fingerprint density at radius 2 is 2.20 bits per heavy atom. The number of carboxylic acid groups (broad SMARTS) is 1. The molecule has 2 aromatic heterocycles. The summed E-state index contributed by atoms with van der Waals surface area (Å²) in [6.45, 7) is 6.42. The van der Waals surface area contributed by atoms with E-state index in [1.807, 2.05) is 0 Å². The molecule has 2 aliphatic heterocycles. The first-order valence-corrected chi connectivity index (χ1v) is 15.4. The van der Waals surface area contributed by atoms with Gasteiger partial charge in [-0.2, -0.15) is 0 Å². The number of fused-ring (bicyclic) bond motifs is 1. The van der Waals surface area contributed by atoms with Crippen LogP contribution in [0.2, 0.25) is 0 Å². The zero-order chi connectivity index (χ0) is 28.6. The van der Waals surface area contributed by atoms with Gasteiger partial charge in [0, 0.05) is 23.4 Å². The van der Waals surface area contributed by atoms with Gasteiger partial charge in [0.2, 0.25) is 5.16 Å². The van der Waals surface area contributed by atoms with Crippen LogP contribution in [-0.4, -0.2) is 88.2 Å². The third kappa shape index (κ3) is 7.58. The fraction of sp³-hybridized carbons (Fsp3) is 0.478. The van der Waals surface area contributed by atoms with Crippen LogP contribution in [0.25, 0.3) is 0 Å². The quantitative estimate of drug-likeness (QED) is 0.0641. The second-order valence-corrected chi connectivity index (χ2v) is 11.7. The van der Waals surface area contributed by atoms with E-state index in [0.29, 0.717) is 28.8 Å². The fourth-order valence-corrected chi connectivity index (χ4v) is 6.98. The van der Waals surface area contributed by atoms with Gasteiger partial charge in [-0.1, -0.05) is 55.8 Å². The number of halogens is 1. The van der Waals surface area contributed by atoms with Crippen molar-refractivity contribution in [1.82, 2.24) is 35.4 Å². The Morgan fingerprint density at radius 3 is 2.88 bits per heavy atom. The van der Waals surface area contributed by atoms with Gasteiger partial charge in [-0.3, -0.25) is 14.5 Å². The molecule has 2 atom stereocenters. The lowest BCUT2D eigenvalue weighted by molar-refractivity contribution is -0.150. The lowest BCUT2D eigenvalue weighted by atomic mass is 10.0. The number of anilines is 1. The summed E-state index contributed by atoms with van der Waals surface area (Å²) in [6, 6.07) is -0.947. The van der Waals surface area contributed by atoms with Crippen LogP contribution in [0.3, 0.4) is 0 Å². The van der Waals surface area contributed by atoms with Gasteiger partial charge in [-0.25, -0.2) is 14.5 Å². The summed E-state index contributed by atoms with van der Waals surface area (Å²) in [5.74, 6) is -1.77. The molecule has 1 unspecified atom stereocenters. The van der Waals surface area contributed by atoms with Gasteiger partial charge in [-0.05, 0) is 22.4 Å². The van der Waals surface area contributed by atoms with Crippen molar-refractivity contribution in [2.75, 3.05) is 23.8 Å². The minimum absolute atomic E-state index is 0. The van der Waals surface area contributed by atoms with Crippen LogP contribution in [-0.2, 0) is 25.8 Å². The Balaban J connectivity index is 0.00000462. The number of nitrogen functional groups attached to an aromatic ring is 1. The van der Waals surface area contributed by atoms with E-state index in [1.54, 1.807) is 10.1 Å². The molecule has 222 valence electrons. The number of hydrogen-bond donors (Lipinski definition) is 3. The molecule has 0 saturated carbocycles. The summed E-state index contributed by atoms with van der Waals surface area (Å²) < 4.78 is 1.72. The molecule has 1 saturated heterocycles. The number of β-lactam (4-membered cyclic amide) rings is 1. The highest BCUT2D eigenvalue weighted by Gasteiger charge is 2.54. The van der Waals surface area contributed by atoms with Crippen LogP contribution in [0.4, 0.5) is 5.13 Å². The maximum Gasteiger partial charge on any atom is 0.352 e. The van der Waals surface area contributed by atoms with Crippen LogP contribution in [0.1, 0.15) is 38.3 Å². The number of hydrogen-bond acceptors (Lipinski definition) is 13. The largest absolute Gasteiger partial charge is 0.477 e. The number of nitrogens with two attached hydrogens (primary N) is 1. The summed E-state index contributed by atoms with van der Waals surface area (Å²) >= 11 is 3.82. The van der Waals surface area contributed by atoms with Crippen molar-refractivity contribution in [1.29, 1.82) is 0 Å². The van der Waals surface area contributed by atoms with E-state index in [1.165, 1.54) is 34.5 Å². The van der Waals surface area contributed by atoms with Crippen molar-refractivity contribution < 1.29 is 24.3 Å². The van der Waals surface area contributed by atoms with Gasteiger partial charge >= 0.3 is 5.97 Å². The van der Waals surface area contributed by atoms with Crippen molar-refractivity contribution in [2.45, 2.75) is 55.7 Å². The SMILES string of the molecule is C=CCON=C(C(=O)NC1C(=O)N2C(C(=O)O)=C(CSc3nnnn3CCCCCC)CS[C@@H]12)c1csc(N)n1.Cl. The molecule has 2 aromatic rings. The second-order valence-electron chi connectivity index (χ2n) is 8.75. The molecule has 2 aliphatic rings. The molecule has 0 aromatic carbocycles. The maximum absolute atomic E-state index is 13.1. The summed E-state index contributed by atoms with van der Waals surface area (Å²) in [5, 5.41) is 30.1. The van der Waals surface area contributed by atoms with Crippen molar-refractivity contribution in [2.24, 2.45) is 5.16 Å². The third-order valence-electron chi connectivity index (χ3n) is 5.96. The molecule has 18 heteroatoms. The first-order valence-electron chi connectivity index (χ1n) is 12.5. The molecule has 0 spiro atoms. The molecule has 0 aliphatic carbocycles. The number of aromatic nitrogens is 5. The average Bonchev–Trinajstić information content (AvgIpc) is 3.58. The molecule has 4 N–H and O–H groups in total. The number of carbonyl (C=O) groups excluding carboxylic acids is 2. The van der Waals surface area contributed by atoms with Crippen molar-refractivity contribution >= 4 is 75.9 Å². The predicted molar refractivity (Wildman–Crippen MR) is 159 cm³/mol. The molecular formula is C23H30ClN9O5S3. The smallest absolute Gasteiger partial charge is 0.352 e. The van der Waals surface area contributed by atoms with Gasteiger partial charge in [0.15, 0.2) is 10.8 Å². The summed E-state index contributed by atoms with van der Waals surface area (Å²) in [4.78, 5) is 48.8. The summed E-state index contributed by atoms with van der Waals surface area (Å²) in [7, 11) is 0. The number of carboxylic acids is 1. The van der Waals surface area contributed by atoms with E-state index in [2.05, 4.69) is 44.5 Å². The molecule has 4 rings (SSSR count). The number of aliphatic carboxylic acids is 1. The predicted octanol–water partition coefficient (Wildman–Crippen LogP) is 2.15. The van der Waals surface area contributed by atoms with Gasteiger partial charge in [0.05, 0.1) is 0 Å². The monoisotopic (exact) mass is 643 g/mol. The third-order valence-corrected chi connectivity index (χ3v) is 9.02. The standard InChI is InChI=1S/C23H29N9O5S3.ClH/c1-3-5-6-7-8-31-23(27-29-30-31)40-11-13-10-38-20-16(19(34)32(20)17(13)21(35)36)26-18(33)15(28-37-9-4-2)14-12-39-22(24)25-14;/h4,12,16,20H,2-3,5-11H2,1H3,(H2,24,25)(H,26,33)(H,35,36);1H/t16?,20-;/m0./s1. The number of rotatable bonds is 15. The first-order chi connectivity index (χ1) is 19.3. The van der Waals surface area contributed by atoms with Gasteiger partial charge in [0.25, 0.3) is 11.8 Å². The number of oxime groups is 1. The van der Waals surface area contributed by atoms with Crippen LogP contribution in [0.15, 0.2) is 39.6 Å². The number of unbranched alkanes of at least 4 members (excludes halogenated alkanes) is 3. The number of tetrazole rings is 1. The van der Waals surface area contributed by atoms with Gasteiger partial charge < -0.3 is 21.0 Å². The average molecular weight is 644 g/mol. The van der Waals surface area contributed by atoms with Crippen LogP contribution < -0.4 is 11.1 Å². The van der Waals surface area contributed by atoms with Crippen molar-refractivity contribution in [3.63, 3.8) is 0 Å². The van der Waals surface area contributed by atoms with E-state index in [0.717, 1.165) is 37.0 Å². The highest BCUT2D eigenvalue weighted by molar-refractivity contribution is 8.01. The molecule has 2 amide bonds. The lowest BCUT2D eigenvalue weighted by Crippen LogP contribution is -2.71. The van der Waals surface area contributed by atoms with Gasteiger partial charge in [-0.15, -0.1) is 40.6 Å². The molecule has 1 fully saturated rings. The summed E-state index contributed by atoms with van der Waals surface area (Å²) in [5.41, 5.74) is 6.24. The maximum atomic E-state index is 13.1. The topological polar surface area (TPSA) is 191 Å². The Bertz CT molecular complexity index is 1330. The zero-order valence-corrected chi connectivity index (χ0v) is 25.4. The molecule has 14 nitrogen and oxygen atoms in total. The Morgan fingerprint density at radius 1 is 1.39 bits per heavy atom. The Hall–Kier alpha value is -3.15. The number of carbonyl (C=O) groups is 3. The van der Waals surface area contributed by atoms with Crippen molar-refractivity contribution in [3.8, 4) is 0 Å². The highest BCUT2D eigenvalue weighted by Crippen LogP contribution is 2.41. The highest BCUT2D eigenvalue weighted by atomic mass is 35.5. The normalized spacial score (nSPS) is 18.3. The minimum atomic E-state index is -1.21. The fourth-order valence-electron chi connectivity index (χ4n) is 4.04. The Labute approximate surface area is 254 Å². The number of aryl methyl sites for hydroxylation is 1. The van der Waals surface area contributed by atoms with Crippen LogP contribution >= 0.6 is 47.3 Å². The number of thiazole rings is 1. The molecular weight excluding hydrogens is 614 g/mol. The first kappa shape index (κ1) is 32.4. The van der Waals surface area contributed by atoms with E-state index >= 15 is 0 Å². The van der Waals surface area contributed by atoms with E-state index in [9.17, 15) is 19.5 Å². The number of thioether (sulfide) groups is 2.